The molecule has 0 aliphatic carbocycles. The third-order valence-corrected chi connectivity index (χ3v) is 4.29. The molecule has 1 aromatic heterocycles. The lowest BCUT2D eigenvalue weighted by molar-refractivity contribution is 0.377. The Bertz CT molecular complexity index is 409. The molecule has 1 fully saturated rings. The smallest absolute Gasteiger partial charge is 0.128 e. The monoisotopic (exact) mass is 289 g/mol. The number of anilines is 1. The molecule has 1 aromatic rings. The predicted octanol–water partition coefficient (Wildman–Crippen LogP) is 3.84. The van der Waals surface area contributed by atoms with Gasteiger partial charge in [-0.3, -0.25) is 0 Å². The Balaban J connectivity index is 1.86. The van der Waals surface area contributed by atoms with Gasteiger partial charge in [-0.2, -0.15) is 0 Å². The average molecular weight is 289 g/mol. The number of aromatic nitrogens is 1. The van der Waals surface area contributed by atoms with Gasteiger partial charge in [-0.1, -0.05) is 39.7 Å². The third-order valence-electron chi connectivity index (χ3n) is 4.29. The van der Waals surface area contributed by atoms with E-state index in [-0.39, 0.29) is 0 Å². The van der Waals surface area contributed by atoms with Gasteiger partial charge in [0.2, 0.25) is 0 Å². The normalized spacial score (nSPS) is 16.7. The molecule has 0 aromatic carbocycles. The average Bonchev–Trinajstić information content (AvgIpc) is 2.48. The molecule has 0 radical (unpaired) electrons. The van der Waals surface area contributed by atoms with Gasteiger partial charge in [-0.25, -0.2) is 4.98 Å². The lowest BCUT2D eigenvalue weighted by atomic mass is 9.92. The van der Waals surface area contributed by atoms with Crippen molar-refractivity contribution < 1.29 is 0 Å². The lowest BCUT2D eigenvalue weighted by Gasteiger charge is -2.33. The fraction of sp³-hybridized carbons (Fsp3) is 0.722. The molecule has 2 heterocycles. The first kappa shape index (κ1) is 16.3. The van der Waals surface area contributed by atoms with Crippen LogP contribution in [-0.4, -0.2) is 24.6 Å². The Hall–Kier alpha value is -1.09. The van der Waals surface area contributed by atoms with Crippen molar-refractivity contribution in [1.29, 1.82) is 0 Å². The standard InChI is InChI=1S/C18H31N3/c1-4-6-16-9-11-21(12-10-16)18-8-5-7-17(20-18)14-19-13-15(2)3/h5,7-8,15-16,19H,4,6,9-14H2,1-3H3. The van der Waals surface area contributed by atoms with E-state index in [0.717, 1.165) is 30.5 Å². The zero-order valence-electron chi connectivity index (χ0n) is 13.9. The van der Waals surface area contributed by atoms with Gasteiger partial charge in [0.1, 0.15) is 5.82 Å². The molecule has 21 heavy (non-hydrogen) atoms. The lowest BCUT2D eigenvalue weighted by Crippen LogP contribution is -2.34. The molecule has 0 unspecified atom stereocenters. The van der Waals surface area contributed by atoms with Crippen LogP contribution in [0, 0.1) is 11.8 Å². The first-order chi connectivity index (χ1) is 10.2. The molecule has 1 N–H and O–H groups in total. The van der Waals surface area contributed by atoms with Crippen LogP contribution in [0.15, 0.2) is 18.2 Å². The van der Waals surface area contributed by atoms with Gasteiger partial charge in [0, 0.05) is 19.6 Å². The second-order valence-electron chi connectivity index (χ2n) is 6.73. The molecule has 0 saturated carbocycles. The summed E-state index contributed by atoms with van der Waals surface area (Å²) >= 11 is 0. The summed E-state index contributed by atoms with van der Waals surface area (Å²) in [5.41, 5.74) is 1.16. The van der Waals surface area contributed by atoms with Crippen molar-refractivity contribution in [2.45, 2.75) is 53.0 Å². The number of nitrogens with zero attached hydrogens (tertiary/aromatic N) is 2. The molecule has 2 rings (SSSR count). The minimum absolute atomic E-state index is 0.686. The molecule has 0 amide bonds. The molecular weight excluding hydrogens is 258 g/mol. The number of pyridine rings is 1. The van der Waals surface area contributed by atoms with E-state index >= 15 is 0 Å². The molecule has 3 nitrogen and oxygen atoms in total. The van der Waals surface area contributed by atoms with Crippen LogP contribution < -0.4 is 10.2 Å². The summed E-state index contributed by atoms with van der Waals surface area (Å²) in [7, 11) is 0. The van der Waals surface area contributed by atoms with Crippen molar-refractivity contribution in [3.8, 4) is 0 Å². The summed E-state index contributed by atoms with van der Waals surface area (Å²) in [5.74, 6) is 2.78. The van der Waals surface area contributed by atoms with E-state index < -0.39 is 0 Å². The second kappa shape index (κ2) is 8.38. The van der Waals surface area contributed by atoms with E-state index in [1.54, 1.807) is 0 Å². The minimum atomic E-state index is 0.686. The van der Waals surface area contributed by atoms with Crippen LogP contribution in [0.2, 0.25) is 0 Å². The van der Waals surface area contributed by atoms with Crippen molar-refractivity contribution >= 4 is 5.82 Å². The Morgan fingerprint density at radius 2 is 2.05 bits per heavy atom. The fourth-order valence-electron chi connectivity index (χ4n) is 3.09. The first-order valence-corrected chi connectivity index (χ1v) is 8.60. The summed E-state index contributed by atoms with van der Waals surface area (Å²) in [5, 5.41) is 3.47. The number of rotatable bonds is 7. The highest BCUT2D eigenvalue weighted by Gasteiger charge is 2.19. The maximum Gasteiger partial charge on any atom is 0.128 e. The van der Waals surface area contributed by atoms with Gasteiger partial charge in [0.15, 0.2) is 0 Å². The molecule has 1 aliphatic heterocycles. The number of piperidine rings is 1. The van der Waals surface area contributed by atoms with Crippen LogP contribution >= 0.6 is 0 Å². The van der Waals surface area contributed by atoms with Crippen LogP contribution in [0.4, 0.5) is 5.82 Å². The zero-order chi connectivity index (χ0) is 15.1. The molecule has 118 valence electrons. The van der Waals surface area contributed by atoms with Gasteiger partial charge >= 0.3 is 0 Å². The van der Waals surface area contributed by atoms with E-state index in [0.29, 0.717) is 5.92 Å². The maximum atomic E-state index is 4.83. The molecule has 0 bridgehead atoms. The quantitative estimate of drug-likeness (QED) is 0.826. The van der Waals surface area contributed by atoms with Crippen LogP contribution in [0.3, 0.4) is 0 Å². The van der Waals surface area contributed by atoms with Crippen molar-refractivity contribution in [3.63, 3.8) is 0 Å². The van der Waals surface area contributed by atoms with Crippen molar-refractivity contribution in [1.82, 2.24) is 10.3 Å². The van der Waals surface area contributed by atoms with Gasteiger partial charge in [0.05, 0.1) is 5.69 Å². The largest absolute Gasteiger partial charge is 0.357 e. The molecular formula is C18H31N3. The summed E-state index contributed by atoms with van der Waals surface area (Å²) in [6.07, 6.45) is 5.36. The van der Waals surface area contributed by atoms with Gasteiger partial charge in [0.25, 0.3) is 0 Å². The summed E-state index contributed by atoms with van der Waals surface area (Å²) in [4.78, 5) is 7.28. The van der Waals surface area contributed by atoms with Crippen LogP contribution in [0.25, 0.3) is 0 Å². The highest BCUT2D eigenvalue weighted by Crippen LogP contribution is 2.24. The van der Waals surface area contributed by atoms with Crippen molar-refractivity contribution in [2.75, 3.05) is 24.5 Å². The Morgan fingerprint density at radius 1 is 1.29 bits per heavy atom. The third kappa shape index (κ3) is 5.31. The van der Waals surface area contributed by atoms with Crippen LogP contribution in [0.1, 0.15) is 52.1 Å². The SMILES string of the molecule is CCCC1CCN(c2cccc(CNCC(C)C)n2)CC1. The number of hydrogen-bond donors (Lipinski definition) is 1. The zero-order valence-corrected chi connectivity index (χ0v) is 13.9. The number of hydrogen-bond acceptors (Lipinski definition) is 3. The van der Waals surface area contributed by atoms with E-state index in [2.05, 4.69) is 49.2 Å². The highest BCUT2D eigenvalue weighted by molar-refractivity contribution is 5.39. The van der Waals surface area contributed by atoms with E-state index in [1.165, 1.54) is 38.8 Å². The predicted molar refractivity (Wildman–Crippen MR) is 90.6 cm³/mol. The summed E-state index contributed by atoms with van der Waals surface area (Å²) in [6, 6.07) is 6.43. The van der Waals surface area contributed by atoms with E-state index in [4.69, 9.17) is 4.98 Å². The molecule has 1 aliphatic rings. The molecule has 3 heteroatoms. The maximum absolute atomic E-state index is 4.83. The summed E-state index contributed by atoms with van der Waals surface area (Å²) in [6.45, 7) is 11.0. The van der Waals surface area contributed by atoms with Crippen LogP contribution in [-0.2, 0) is 6.54 Å². The second-order valence-corrected chi connectivity index (χ2v) is 6.73. The van der Waals surface area contributed by atoms with Crippen molar-refractivity contribution in [3.05, 3.63) is 23.9 Å². The Labute approximate surface area is 130 Å². The Morgan fingerprint density at radius 3 is 2.71 bits per heavy atom. The van der Waals surface area contributed by atoms with Crippen molar-refractivity contribution in [2.24, 2.45) is 11.8 Å². The van der Waals surface area contributed by atoms with E-state index in [1.807, 2.05) is 0 Å². The van der Waals surface area contributed by atoms with Crippen LogP contribution in [0.5, 0.6) is 0 Å². The number of nitrogens with one attached hydrogen (secondary N) is 1. The highest BCUT2D eigenvalue weighted by atomic mass is 15.2. The van der Waals surface area contributed by atoms with Gasteiger partial charge in [-0.05, 0) is 43.4 Å². The summed E-state index contributed by atoms with van der Waals surface area (Å²) < 4.78 is 0. The van der Waals surface area contributed by atoms with Gasteiger partial charge < -0.3 is 10.2 Å². The molecule has 0 spiro atoms. The Kier molecular flexibility index (Phi) is 6.50. The fourth-order valence-corrected chi connectivity index (χ4v) is 3.09. The topological polar surface area (TPSA) is 28.2 Å². The molecule has 1 saturated heterocycles. The van der Waals surface area contributed by atoms with E-state index in [9.17, 15) is 0 Å². The molecule has 0 atom stereocenters. The first-order valence-electron chi connectivity index (χ1n) is 8.60. The minimum Gasteiger partial charge on any atom is -0.357 e. The van der Waals surface area contributed by atoms with Gasteiger partial charge in [-0.15, -0.1) is 0 Å².